The fourth-order valence-corrected chi connectivity index (χ4v) is 4.90. The number of pyridine rings is 1. The van der Waals surface area contributed by atoms with Crippen LogP contribution in [0.15, 0.2) is 67.0 Å². The molecule has 0 unspecified atom stereocenters. The summed E-state index contributed by atoms with van der Waals surface area (Å²) in [4.78, 5) is 19.3. The van der Waals surface area contributed by atoms with Gasteiger partial charge in [0, 0.05) is 36.1 Å². The van der Waals surface area contributed by atoms with Gasteiger partial charge in [0.25, 0.3) is 5.91 Å². The Morgan fingerprint density at radius 1 is 1.16 bits per heavy atom. The fraction of sp³-hybridized carbons (Fsp3) is 0.240. The van der Waals surface area contributed by atoms with E-state index < -0.39 is 0 Å². The van der Waals surface area contributed by atoms with Crippen molar-refractivity contribution in [1.82, 2.24) is 9.88 Å². The second-order valence-electron chi connectivity index (χ2n) is 8.06. The molecule has 0 spiro atoms. The standard InChI is InChI=1S/C25H22N4O2/c26-14-16-2-1-3-18(12-16)19-4-5-22-21(13-19)24-20(23(15-30)28-22)8-11-29(24)25(31)17-6-9-27-10-7-17/h1-7,9-10,12-13,20,23-24,28,30H,8,11,15H2/t20-,23-,24-/m1/s1. The van der Waals surface area contributed by atoms with Crippen molar-refractivity contribution in [3.8, 4) is 17.2 Å². The molecule has 3 atom stereocenters. The van der Waals surface area contributed by atoms with E-state index in [1.807, 2.05) is 35.2 Å². The van der Waals surface area contributed by atoms with Gasteiger partial charge in [0.15, 0.2) is 0 Å². The number of hydrogen-bond donors (Lipinski definition) is 2. The third kappa shape index (κ3) is 3.33. The predicted molar refractivity (Wildman–Crippen MR) is 117 cm³/mol. The molecule has 1 saturated heterocycles. The monoisotopic (exact) mass is 410 g/mol. The highest BCUT2D eigenvalue weighted by Crippen LogP contribution is 2.47. The Balaban J connectivity index is 1.58. The maximum absolute atomic E-state index is 13.3. The van der Waals surface area contributed by atoms with Crippen LogP contribution in [0, 0.1) is 17.2 Å². The molecule has 2 aromatic carbocycles. The molecular formula is C25H22N4O2. The SMILES string of the molecule is N#Cc1cccc(-c2ccc3c(c2)[C@H]2[C@H](CCN2C(=O)c2ccncc2)[C@@H](CO)N3)c1. The minimum atomic E-state index is -0.117. The molecule has 2 aliphatic rings. The number of nitriles is 1. The van der Waals surface area contributed by atoms with Crippen molar-refractivity contribution < 1.29 is 9.90 Å². The van der Waals surface area contributed by atoms with Gasteiger partial charge in [-0.1, -0.05) is 18.2 Å². The Kier molecular flexibility index (Phi) is 4.89. The molecule has 0 aliphatic carbocycles. The number of hydrogen-bond acceptors (Lipinski definition) is 5. The van der Waals surface area contributed by atoms with Gasteiger partial charge in [-0.3, -0.25) is 9.78 Å². The first kappa shape index (κ1) is 19.3. The summed E-state index contributed by atoms with van der Waals surface area (Å²) < 4.78 is 0. The molecule has 154 valence electrons. The summed E-state index contributed by atoms with van der Waals surface area (Å²) in [6, 6.07) is 19.1. The number of carbonyl (C=O) groups excluding carboxylic acids is 1. The summed E-state index contributed by atoms with van der Waals surface area (Å²) in [6.07, 6.45) is 4.09. The van der Waals surface area contributed by atoms with Gasteiger partial charge in [-0.15, -0.1) is 0 Å². The van der Waals surface area contributed by atoms with E-state index in [1.165, 1.54) is 0 Å². The maximum atomic E-state index is 13.3. The van der Waals surface area contributed by atoms with E-state index in [4.69, 9.17) is 0 Å². The molecule has 6 nitrogen and oxygen atoms in total. The zero-order valence-corrected chi connectivity index (χ0v) is 16.9. The smallest absolute Gasteiger partial charge is 0.254 e. The van der Waals surface area contributed by atoms with Crippen molar-refractivity contribution in [3.63, 3.8) is 0 Å². The minimum absolute atomic E-state index is 0.0173. The van der Waals surface area contributed by atoms with Gasteiger partial charge in [0.1, 0.15) is 0 Å². The molecule has 3 aromatic rings. The van der Waals surface area contributed by atoms with Crippen LogP contribution < -0.4 is 5.32 Å². The van der Waals surface area contributed by atoms with Gasteiger partial charge >= 0.3 is 0 Å². The second-order valence-corrected chi connectivity index (χ2v) is 8.06. The number of fused-ring (bicyclic) bond motifs is 3. The first-order valence-electron chi connectivity index (χ1n) is 10.4. The van der Waals surface area contributed by atoms with Crippen LogP contribution in [-0.4, -0.2) is 40.1 Å². The fourth-order valence-electron chi connectivity index (χ4n) is 4.90. The Hall–Kier alpha value is -3.69. The van der Waals surface area contributed by atoms with Gasteiger partial charge in [0.05, 0.1) is 30.3 Å². The molecule has 6 heteroatoms. The minimum Gasteiger partial charge on any atom is -0.394 e. The van der Waals surface area contributed by atoms with Gasteiger partial charge in [0.2, 0.25) is 0 Å². The van der Waals surface area contributed by atoms with E-state index in [0.717, 1.165) is 28.8 Å². The summed E-state index contributed by atoms with van der Waals surface area (Å²) in [7, 11) is 0. The van der Waals surface area contributed by atoms with Crippen LogP contribution in [0.25, 0.3) is 11.1 Å². The van der Waals surface area contributed by atoms with Crippen molar-refractivity contribution in [2.24, 2.45) is 5.92 Å². The largest absolute Gasteiger partial charge is 0.394 e. The normalized spacial score (nSPS) is 21.5. The molecule has 1 aromatic heterocycles. The molecule has 2 N–H and O–H groups in total. The Bertz CT molecular complexity index is 1170. The van der Waals surface area contributed by atoms with E-state index in [1.54, 1.807) is 30.6 Å². The zero-order chi connectivity index (χ0) is 21.4. The highest BCUT2D eigenvalue weighted by molar-refractivity contribution is 5.95. The third-order valence-electron chi connectivity index (χ3n) is 6.38. The molecule has 5 rings (SSSR count). The maximum Gasteiger partial charge on any atom is 0.254 e. The van der Waals surface area contributed by atoms with Gasteiger partial charge < -0.3 is 15.3 Å². The molecule has 0 bridgehead atoms. The first-order chi connectivity index (χ1) is 15.2. The molecule has 2 aliphatic heterocycles. The van der Waals surface area contributed by atoms with Crippen molar-refractivity contribution >= 4 is 11.6 Å². The number of benzene rings is 2. The number of aliphatic hydroxyl groups excluding tert-OH is 1. The number of carbonyl (C=O) groups is 1. The highest BCUT2D eigenvalue weighted by atomic mass is 16.3. The van der Waals surface area contributed by atoms with Crippen LogP contribution in [0.3, 0.4) is 0 Å². The number of aliphatic hydroxyl groups is 1. The lowest BCUT2D eigenvalue weighted by Gasteiger charge is -2.39. The van der Waals surface area contributed by atoms with E-state index in [0.29, 0.717) is 17.7 Å². The second kappa shape index (κ2) is 7.86. The number of anilines is 1. The number of amides is 1. The van der Waals surface area contributed by atoms with E-state index in [-0.39, 0.29) is 30.5 Å². The van der Waals surface area contributed by atoms with Gasteiger partial charge in [-0.2, -0.15) is 5.26 Å². The van der Waals surface area contributed by atoms with Gasteiger partial charge in [-0.05, 0) is 59.5 Å². The lowest BCUT2D eigenvalue weighted by Crippen LogP contribution is -2.42. The molecule has 0 radical (unpaired) electrons. The van der Waals surface area contributed by atoms with Crippen molar-refractivity contribution in [2.75, 3.05) is 18.5 Å². The molecule has 31 heavy (non-hydrogen) atoms. The van der Waals surface area contributed by atoms with E-state index in [2.05, 4.69) is 22.4 Å². The topological polar surface area (TPSA) is 89.2 Å². The highest BCUT2D eigenvalue weighted by Gasteiger charge is 2.45. The Labute approximate surface area is 180 Å². The van der Waals surface area contributed by atoms with Crippen molar-refractivity contribution in [2.45, 2.75) is 18.5 Å². The Morgan fingerprint density at radius 3 is 2.74 bits per heavy atom. The lowest BCUT2D eigenvalue weighted by atomic mass is 9.82. The Morgan fingerprint density at radius 2 is 1.97 bits per heavy atom. The van der Waals surface area contributed by atoms with Crippen LogP contribution in [-0.2, 0) is 0 Å². The molecule has 3 heterocycles. The van der Waals surface area contributed by atoms with Crippen LogP contribution in [0.2, 0.25) is 0 Å². The zero-order valence-electron chi connectivity index (χ0n) is 16.9. The van der Waals surface area contributed by atoms with Crippen molar-refractivity contribution in [1.29, 1.82) is 5.26 Å². The van der Waals surface area contributed by atoms with Crippen LogP contribution in [0.4, 0.5) is 5.69 Å². The van der Waals surface area contributed by atoms with E-state index in [9.17, 15) is 15.2 Å². The quantitative estimate of drug-likeness (QED) is 0.689. The number of nitrogens with one attached hydrogen (secondary N) is 1. The molecular weight excluding hydrogens is 388 g/mol. The summed E-state index contributed by atoms with van der Waals surface area (Å²) >= 11 is 0. The molecule has 1 fully saturated rings. The average molecular weight is 410 g/mol. The first-order valence-corrected chi connectivity index (χ1v) is 10.4. The van der Waals surface area contributed by atoms with E-state index >= 15 is 0 Å². The number of nitrogens with zero attached hydrogens (tertiary/aromatic N) is 3. The van der Waals surface area contributed by atoms with Crippen LogP contribution >= 0.6 is 0 Å². The summed E-state index contributed by atoms with van der Waals surface area (Å²) in [6.45, 7) is 0.659. The van der Waals surface area contributed by atoms with Gasteiger partial charge in [-0.25, -0.2) is 0 Å². The molecule has 0 saturated carbocycles. The summed E-state index contributed by atoms with van der Waals surface area (Å²) in [5.74, 6) is 0.111. The number of aromatic nitrogens is 1. The van der Waals surface area contributed by atoms with Crippen LogP contribution in [0.1, 0.15) is 33.9 Å². The van der Waals surface area contributed by atoms with Crippen LogP contribution in [0.5, 0.6) is 0 Å². The molecule has 1 amide bonds. The number of rotatable bonds is 3. The average Bonchev–Trinajstić information content (AvgIpc) is 3.29. The lowest BCUT2D eigenvalue weighted by molar-refractivity contribution is 0.0701. The predicted octanol–water partition coefficient (Wildman–Crippen LogP) is 3.61. The summed E-state index contributed by atoms with van der Waals surface area (Å²) in [5, 5.41) is 22.7. The van der Waals surface area contributed by atoms with Crippen molar-refractivity contribution in [3.05, 3.63) is 83.7 Å². The summed E-state index contributed by atoms with van der Waals surface area (Å²) in [5.41, 5.74) is 5.19. The third-order valence-corrected chi connectivity index (χ3v) is 6.38. The number of likely N-dealkylation sites (tertiary alicyclic amines) is 1.